The summed E-state index contributed by atoms with van der Waals surface area (Å²) in [6.45, 7) is 7.43. The Labute approximate surface area is 221 Å². The van der Waals surface area contributed by atoms with E-state index in [-0.39, 0.29) is 11.9 Å². The molecular formula is C28H39N3O5S. The third-order valence-electron chi connectivity index (χ3n) is 7.51. The fourth-order valence-electron chi connectivity index (χ4n) is 5.47. The Balaban J connectivity index is 1.52. The van der Waals surface area contributed by atoms with Crippen molar-refractivity contribution in [1.82, 2.24) is 14.5 Å². The number of carbonyl (C=O) groups excluding carboxylic acids is 1. The molecule has 1 unspecified atom stereocenters. The van der Waals surface area contributed by atoms with E-state index < -0.39 is 15.7 Å². The van der Waals surface area contributed by atoms with Crippen LogP contribution < -0.4 is 14.8 Å². The summed E-state index contributed by atoms with van der Waals surface area (Å²) in [6.07, 6.45) is 2.50. The number of amides is 1. The average Bonchev–Trinajstić information content (AvgIpc) is 3.12. The van der Waals surface area contributed by atoms with Crippen molar-refractivity contribution in [2.75, 3.05) is 33.9 Å². The summed E-state index contributed by atoms with van der Waals surface area (Å²) in [4.78, 5) is 15.9. The fraction of sp³-hybridized carbons (Fsp3) is 0.536. The monoisotopic (exact) mass is 529 g/mol. The number of hydrogen-bond donors (Lipinski definition) is 1. The highest BCUT2D eigenvalue weighted by molar-refractivity contribution is 7.89. The lowest BCUT2D eigenvalue weighted by Gasteiger charge is -2.44. The van der Waals surface area contributed by atoms with E-state index in [4.69, 9.17) is 9.47 Å². The quantitative estimate of drug-likeness (QED) is 0.534. The van der Waals surface area contributed by atoms with Crippen molar-refractivity contribution in [2.24, 2.45) is 5.92 Å². The van der Waals surface area contributed by atoms with E-state index in [1.54, 1.807) is 30.7 Å². The summed E-state index contributed by atoms with van der Waals surface area (Å²) < 4.78 is 38.9. The number of nitrogens with one attached hydrogen (secondary N) is 1. The van der Waals surface area contributed by atoms with Crippen molar-refractivity contribution in [3.8, 4) is 11.5 Å². The number of rotatable bonds is 9. The van der Waals surface area contributed by atoms with Gasteiger partial charge in [0.15, 0.2) is 11.5 Å². The molecule has 8 nitrogen and oxygen atoms in total. The maximum absolute atomic E-state index is 13.6. The smallest absolute Gasteiger partial charge is 0.243 e. The van der Waals surface area contributed by atoms with Crippen LogP contribution in [0.25, 0.3) is 0 Å². The first-order chi connectivity index (χ1) is 17.6. The highest BCUT2D eigenvalue weighted by Crippen LogP contribution is 2.36. The summed E-state index contributed by atoms with van der Waals surface area (Å²) in [7, 11) is -0.364. The molecule has 1 N–H and O–H groups in total. The average molecular weight is 530 g/mol. The van der Waals surface area contributed by atoms with Gasteiger partial charge < -0.3 is 14.4 Å². The Kier molecular flexibility index (Phi) is 8.16. The van der Waals surface area contributed by atoms with Crippen molar-refractivity contribution in [3.63, 3.8) is 0 Å². The lowest BCUT2D eigenvalue weighted by Crippen LogP contribution is -2.59. The number of carbonyl (C=O) groups is 1. The molecule has 0 radical (unpaired) electrons. The Bertz CT molecular complexity index is 1200. The zero-order valence-electron chi connectivity index (χ0n) is 22.5. The molecule has 1 spiro atoms. The van der Waals surface area contributed by atoms with Crippen molar-refractivity contribution in [3.05, 3.63) is 53.6 Å². The van der Waals surface area contributed by atoms with Crippen LogP contribution in [0, 0.1) is 12.8 Å². The minimum atomic E-state index is -3.58. The number of methoxy groups -OCH3 is 2. The van der Waals surface area contributed by atoms with Crippen LogP contribution in [0.2, 0.25) is 0 Å². The van der Waals surface area contributed by atoms with Crippen LogP contribution in [-0.2, 0) is 21.2 Å². The number of hydrogen-bond acceptors (Lipinski definition) is 6. The molecule has 4 rings (SSSR count). The minimum Gasteiger partial charge on any atom is -0.493 e. The van der Waals surface area contributed by atoms with Gasteiger partial charge in [-0.3, -0.25) is 10.1 Å². The van der Waals surface area contributed by atoms with E-state index in [0.717, 1.165) is 17.5 Å². The first-order valence-corrected chi connectivity index (χ1v) is 14.4. The van der Waals surface area contributed by atoms with Gasteiger partial charge >= 0.3 is 0 Å². The summed E-state index contributed by atoms with van der Waals surface area (Å²) in [5.74, 6) is 1.80. The molecule has 0 bridgehead atoms. The maximum atomic E-state index is 13.6. The van der Waals surface area contributed by atoms with Crippen molar-refractivity contribution in [1.29, 1.82) is 0 Å². The summed E-state index contributed by atoms with van der Waals surface area (Å²) in [5, 5.41) is 3.64. The van der Waals surface area contributed by atoms with Crippen LogP contribution in [-0.4, -0.2) is 69.1 Å². The molecule has 0 saturated carbocycles. The van der Waals surface area contributed by atoms with E-state index in [1.807, 2.05) is 42.2 Å². The molecule has 2 saturated heterocycles. The number of aryl methyl sites for hydroxylation is 1. The van der Waals surface area contributed by atoms with Gasteiger partial charge in [-0.25, -0.2) is 8.42 Å². The molecule has 2 heterocycles. The number of ether oxygens (including phenoxy) is 2. The lowest BCUT2D eigenvalue weighted by atomic mass is 9.96. The second kappa shape index (κ2) is 11.0. The van der Waals surface area contributed by atoms with E-state index >= 15 is 0 Å². The Morgan fingerprint density at radius 1 is 1.03 bits per heavy atom. The number of piperidine rings is 1. The van der Waals surface area contributed by atoms with Gasteiger partial charge in [-0.05, 0) is 68.4 Å². The van der Waals surface area contributed by atoms with Crippen LogP contribution in [0.3, 0.4) is 0 Å². The van der Waals surface area contributed by atoms with Gasteiger partial charge in [-0.1, -0.05) is 37.6 Å². The Hall–Kier alpha value is -2.62. The molecule has 0 aromatic heterocycles. The van der Waals surface area contributed by atoms with Crippen LogP contribution in [0.4, 0.5) is 0 Å². The number of nitrogens with zero attached hydrogens (tertiary/aromatic N) is 2. The summed E-state index contributed by atoms with van der Waals surface area (Å²) in [5.41, 5.74) is 1.52. The largest absolute Gasteiger partial charge is 0.493 e. The standard InChI is InChI=1S/C28H39N3O5S/c1-20(2)18-24-27(32)31(15-12-22-8-11-25(35-4)26(19-22)36-5)28(29-24)13-16-30(17-14-28)37(33,34)23-9-6-21(3)7-10-23/h6-11,19-20,24,29H,12-18H2,1-5H3. The molecule has 0 aliphatic carbocycles. The molecule has 2 aliphatic heterocycles. The van der Waals surface area contributed by atoms with Gasteiger partial charge in [-0.2, -0.15) is 4.31 Å². The predicted molar refractivity (Wildman–Crippen MR) is 143 cm³/mol. The molecule has 37 heavy (non-hydrogen) atoms. The molecule has 2 aromatic rings. The van der Waals surface area contributed by atoms with E-state index in [1.165, 1.54) is 0 Å². The maximum Gasteiger partial charge on any atom is 0.243 e. The second-order valence-electron chi connectivity index (χ2n) is 10.5. The Morgan fingerprint density at radius 3 is 2.27 bits per heavy atom. The summed E-state index contributed by atoms with van der Waals surface area (Å²) in [6, 6.07) is 12.5. The normalized spacial score (nSPS) is 20.1. The molecule has 1 atom stereocenters. The van der Waals surface area contributed by atoms with Gasteiger partial charge in [0.2, 0.25) is 15.9 Å². The third kappa shape index (κ3) is 5.63. The van der Waals surface area contributed by atoms with Gasteiger partial charge in [0.05, 0.1) is 30.8 Å². The highest BCUT2D eigenvalue weighted by Gasteiger charge is 2.52. The summed E-state index contributed by atoms with van der Waals surface area (Å²) >= 11 is 0. The third-order valence-corrected chi connectivity index (χ3v) is 9.42. The second-order valence-corrected chi connectivity index (χ2v) is 12.4. The number of benzene rings is 2. The zero-order valence-corrected chi connectivity index (χ0v) is 23.3. The van der Waals surface area contributed by atoms with Crippen LogP contribution in [0.1, 0.15) is 44.2 Å². The molecule has 9 heteroatoms. The molecule has 2 aliphatic rings. The van der Waals surface area contributed by atoms with E-state index in [0.29, 0.717) is 61.2 Å². The Morgan fingerprint density at radius 2 is 1.68 bits per heavy atom. The molecule has 1 amide bonds. The minimum absolute atomic E-state index is 0.101. The SMILES string of the molecule is COc1ccc(CCN2C(=O)C(CC(C)C)NC23CCN(S(=O)(=O)c2ccc(C)cc2)CC3)cc1OC. The fourth-order valence-corrected chi connectivity index (χ4v) is 6.91. The van der Waals surface area contributed by atoms with Crippen molar-refractivity contribution in [2.45, 2.75) is 63.1 Å². The first-order valence-electron chi connectivity index (χ1n) is 13.0. The molecule has 2 fully saturated rings. The van der Waals surface area contributed by atoms with Gasteiger partial charge in [0.25, 0.3) is 0 Å². The van der Waals surface area contributed by atoms with Crippen LogP contribution in [0.15, 0.2) is 47.4 Å². The topological polar surface area (TPSA) is 88.2 Å². The van der Waals surface area contributed by atoms with Gasteiger partial charge in [-0.15, -0.1) is 0 Å². The molecule has 202 valence electrons. The van der Waals surface area contributed by atoms with E-state index in [9.17, 15) is 13.2 Å². The van der Waals surface area contributed by atoms with Crippen molar-refractivity contribution >= 4 is 15.9 Å². The first kappa shape index (κ1) is 27.4. The van der Waals surface area contributed by atoms with Crippen LogP contribution in [0.5, 0.6) is 11.5 Å². The van der Waals surface area contributed by atoms with Gasteiger partial charge in [0.1, 0.15) is 0 Å². The van der Waals surface area contributed by atoms with Crippen molar-refractivity contribution < 1.29 is 22.7 Å². The van der Waals surface area contributed by atoms with E-state index in [2.05, 4.69) is 19.2 Å². The lowest BCUT2D eigenvalue weighted by molar-refractivity contribution is -0.133. The predicted octanol–water partition coefficient (Wildman–Crippen LogP) is 3.58. The molecule has 2 aromatic carbocycles. The zero-order chi connectivity index (χ0) is 26.8. The number of sulfonamides is 1. The van der Waals surface area contributed by atoms with Crippen LogP contribution >= 0.6 is 0 Å². The highest BCUT2D eigenvalue weighted by atomic mass is 32.2. The molecular weight excluding hydrogens is 490 g/mol. The van der Waals surface area contributed by atoms with Gasteiger partial charge in [0, 0.05) is 19.6 Å².